The average Bonchev–Trinajstić information content (AvgIpc) is 2.68. The highest BCUT2D eigenvalue weighted by molar-refractivity contribution is 5.85. The summed E-state index contributed by atoms with van der Waals surface area (Å²) >= 11 is 0. The summed E-state index contributed by atoms with van der Waals surface area (Å²) in [5.41, 5.74) is 5.60. The minimum atomic E-state index is -0.229. The third-order valence-corrected chi connectivity index (χ3v) is 2.06. The Balaban J connectivity index is 0.00000112. The van der Waals surface area contributed by atoms with Crippen LogP contribution in [0, 0.1) is 0 Å². The Kier molecular flexibility index (Phi) is 4.46. The monoisotopic (exact) mass is 234 g/mol. The van der Waals surface area contributed by atoms with Gasteiger partial charge in [0, 0.05) is 13.1 Å². The zero-order chi connectivity index (χ0) is 9.97. The van der Waals surface area contributed by atoms with Gasteiger partial charge in [0.2, 0.25) is 11.7 Å². The van der Waals surface area contributed by atoms with E-state index in [9.17, 15) is 0 Å². The lowest BCUT2D eigenvalue weighted by Crippen LogP contribution is -2.33. The number of ether oxygens (including phenoxy) is 1. The van der Waals surface area contributed by atoms with Crippen molar-refractivity contribution in [1.82, 2.24) is 15.5 Å². The van der Waals surface area contributed by atoms with Crippen LogP contribution in [0.4, 0.5) is 0 Å². The van der Waals surface area contributed by atoms with Crippen LogP contribution in [0.2, 0.25) is 0 Å². The second kappa shape index (κ2) is 5.41. The number of nitrogens with two attached hydrogens (primary N) is 1. The summed E-state index contributed by atoms with van der Waals surface area (Å²) in [6.07, 6.45) is -0.111. The van der Waals surface area contributed by atoms with Gasteiger partial charge in [-0.05, 0) is 6.92 Å². The summed E-state index contributed by atoms with van der Waals surface area (Å²) in [4.78, 5) is 4.17. The summed E-state index contributed by atoms with van der Waals surface area (Å²) in [5.74, 6) is 1.03. The van der Waals surface area contributed by atoms with Crippen LogP contribution >= 0.6 is 12.4 Å². The molecule has 0 bridgehead atoms. The number of morpholine rings is 1. The van der Waals surface area contributed by atoms with E-state index in [2.05, 4.69) is 15.5 Å². The maximum atomic E-state index is 5.60. The largest absolute Gasteiger partial charge is 0.367 e. The highest BCUT2D eigenvalue weighted by Crippen LogP contribution is 2.16. The highest BCUT2D eigenvalue weighted by atomic mass is 35.5. The van der Waals surface area contributed by atoms with Gasteiger partial charge in [0.25, 0.3) is 0 Å². The van der Waals surface area contributed by atoms with Gasteiger partial charge in [0.05, 0.1) is 12.6 Å². The average molecular weight is 235 g/mol. The lowest BCUT2D eigenvalue weighted by Gasteiger charge is -2.20. The number of aromatic nitrogens is 2. The standard InChI is InChI=1S/C8H14N4O2.ClH/c1-5(9)8-11-7(12-14-8)6-4-10-2-3-13-6;/h5-6,10H,2-4,9H2,1H3;1H/t5-,6?;/m0./s1. The van der Waals surface area contributed by atoms with Crippen molar-refractivity contribution in [2.45, 2.75) is 19.1 Å². The molecule has 2 atom stereocenters. The number of rotatable bonds is 2. The molecule has 1 aliphatic rings. The molecule has 1 aliphatic heterocycles. The van der Waals surface area contributed by atoms with Crippen LogP contribution in [0.1, 0.15) is 30.8 Å². The first-order valence-corrected chi connectivity index (χ1v) is 4.69. The molecule has 2 heterocycles. The van der Waals surface area contributed by atoms with Crippen LogP contribution in [0.3, 0.4) is 0 Å². The fraction of sp³-hybridized carbons (Fsp3) is 0.750. The molecule has 0 aliphatic carbocycles. The molecular weight excluding hydrogens is 220 g/mol. The number of halogens is 1. The highest BCUT2D eigenvalue weighted by Gasteiger charge is 2.22. The quantitative estimate of drug-likeness (QED) is 0.759. The van der Waals surface area contributed by atoms with Gasteiger partial charge in [-0.25, -0.2) is 0 Å². The molecule has 0 aromatic carbocycles. The summed E-state index contributed by atoms with van der Waals surface area (Å²) in [6.45, 7) is 4.07. The van der Waals surface area contributed by atoms with Crippen LogP contribution in [-0.2, 0) is 4.74 Å². The van der Waals surface area contributed by atoms with Crippen LogP contribution in [-0.4, -0.2) is 29.8 Å². The topological polar surface area (TPSA) is 86.2 Å². The van der Waals surface area contributed by atoms with Gasteiger partial charge < -0.3 is 20.3 Å². The molecule has 0 saturated carbocycles. The predicted molar refractivity (Wildman–Crippen MR) is 55.7 cm³/mol. The Morgan fingerprint density at radius 3 is 2.93 bits per heavy atom. The Hall–Kier alpha value is -0.690. The van der Waals surface area contributed by atoms with Crippen molar-refractivity contribution in [3.63, 3.8) is 0 Å². The van der Waals surface area contributed by atoms with Crippen molar-refractivity contribution in [3.05, 3.63) is 11.7 Å². The normalized spacial score (nSPS) is 23.2. The van der Waals surface area contributed by atoms with Crippen LogP contribution in [0.15, 0.2) is 4.52 Å². The van der Waals surface area contributed by atoms with Crippen molar-refractivity contribution in [2.75, 3.05) is 19.7 Å². The van der Waals surface area contributed by atoms with E-state index in [0.717, 1.165) is 13.1 Å². The number of nitrogens with zero attached hydrogens (tertiary/aromatic N) is 2. The summed E-state index contributed by atoms with van der Waals surface area (Å²) in [5, 5.41) is 7.02. The molecule has 86 valence electrons. The molecule has 1 saturated heterocycles. The number of hydrogen-bond donors (Lipinski definition) is 2. The first-order chi connectivity index (χ1) is 6.77. The first-order valence-electron chi connectivity index (χ1n) is 4.69. The third kappa shape index (κ3) is 2.88. The van der Waals surface area contributed by atoms with E-state index < -0.39 is 0 Å². The Bertz CT molecular complexity index is 299. The van der Waals surface area contributed by atoms with Crippen molar-refractivity contribution >= 4 is 12.4 Å². The van der Waals surface area contributed by atoms with Gasteiger partial charge in [-0.1, -0.05) is 5.16 Å². The molecule has 6 nitrogen and oxygen atoms in total. The molecular formula is C8H15ClN4O2. The van der Waals surface area contributed by atoms with Crippen molar-refractivity contribution < 1.29 is 9.26 Å². The minimum absolute atomic E-state index is 0. The number of nitrogens with one attached hydrogen (secondary N) is 1. The van der Waals surface area contributed by atoms with Crippen molar-refractivity contribution in [3.8, 4) is 0 Å². The van der Waals surface area contributed by atoms with Crippen LogP contribution in [0.25, 0.3) is 0 Å². The van der Waals surface area contributed by atoms with E-state index in [1.165, 1.54) is 0 Å². The molecule has 1 aromatic rings. The zero-order valence-electron chi connectivity index (χ0n) is 8.47. The maximum Gasteiger partial charge on any atom is 0.243 e. The van der Waals surface area contributed by atoms with Gasteiger partial charge in [-0.3, -0.25) is 0 Å². The lowest BCUT2D eigenvalue weighted by atomic mass is 10.3. The van der Waals surface area contributed by atoms with E-state index in [-0.39, 0.29) is 24.6 Å². The van der Waals surface area contributed by atoms with E-state index >= 15 is 0 Å². The minimum Gasteiger partial charge on any atom is -0.367 e. The molecule has 1 aromatic heterocycles. The molecule has 2 rings (SSSR count). The second-order valence-electron chi connectivity index (χ2n) is 3.34. The molecule has 3 N–H and O–H groups in total. The molecule has 0 amide bonds. The van der Waals surface area contributed by atoms with E-state index in [4.69, 9.17) is 15.0 Å². The third-order valence-electron chi connectivity index (χ3n) is 2.06. The molecule has 1 fully saturated rings. The van der Waals surface area contributed by atoms with Gasteiger partial charge >= 0.3 is 0 Å². The van der Waals surface area contributed by atoms with E-state index in [1.54, 1.807) is 6.92 Å². The number of hydrogen-bond acceptors (Lipinski definition) is 6. The van der Waals surface area contributed by atoms with Gasteiger partial charge in [0.15, 0.2) is 0 Å². The zero-order valence-corrected chi connectivity index (χ0v) is 9.29. The summed E-state index contributed by atoms with van der Waals surface area (Å²) in [7, 11) is 0. The Labute approximate surface area is 94.0 Å². The van der Waals surface area contributed by atoms with Gasteiger partial charge in [-0.15, -0.1) is 12.4 Å². The molecule has 0 radical (unpaired) electrons. The first kappa shape index (κ1) is 12.4. The van der Waals surface area contributed by atoms with Gasteiger partial charge in [-0.2, -0.15) is 4.98 Å². The van der Waals surface area contributed by atoms with Gasteiger partial charge in [0.1, 0.15) is 6.10 Å². The maximum absolute atomic E-state index is 5.60. The fourth-order valence-electron chi connectivity index (χ4n) is 1.29. The predicted octanol–water partition coefficient (Wildman–Crippen LogP) is 0.172. The Morgan fingerprint density at radius 1 is 1.60 bits per heavy atom. The van der Waals surface area contributed by atoms with E-state index in [0.29, 0.717) is 18.3 Å². The lowest BCUT2D eigenvalue weighted by molar-refractivity contribution is 0.0208. The van der Waals surface area contributed by atoms with Crippen LogP contribution < -0.4 is 11.1 Å². The smallest absolute Gasteiger partial charge is 0.243 e. The molecule has 1 unspecified atom stereocenters. The van der Waals surface area contributed by atoms with Crippen molar-refractivity contribution in [1.29, 1.82) is 0 Å². The van der Waals surface area contributed by atoms with Crippen LogP contribution in [0.5, 0.6) is 0 Å². The summed E-state index contributed by atoms with van der Waals surface area (Å²) < 4.78 is 10.5. The molecule has 0 spiro atoms. The molecule has 15 heavy (non-hydrogen) atoms. The SMILES string of the molecule is C[C@H](N)c1nc(C2CNCCO2)no1.Cl. The van der Waals surface area contributed by atoms with Crippen molar-refractivity contribution in [2.24, 2.45) is 5.73 Å². The Morgan fingerprint density at radius 2 is 2.40 bits per heavy atom. The fourth-order valence-corrected chi connectivity index (χ4v) is 1.29. The summed E-state index contributed by atoms with van der Waals surface area (Å²) in [6, 6.07) is -0.229. The van der Waals surface area contributed by atoms with E-state index in [1.807, 2.05) is 0 Å². The molecule has 7 heteroatoms. The second-order valence-corrected chi connectivity index (χ2v) is 3.34.